The van der Waals surface area contributed by atoms with Gasteiger partial charge in [0.1, 0.15) is 0 Å². The van der Waals surface area contributed by atoms with Crippen molar-refractivity contribution in [2.45, 2.75) is 31.7 Å². The predicted octanol–water partition coefficient (Wildman–Crippen LogP) is 3.80. The molecule has 0 fully saturated rings. The van der Waals surface area contributed by atoms with Gasteiger partial charge in [-0.3, -0.25) is 4.99 Å². The lowest BCUT2D eigenvalue weighted by Gasteiger charge is -2.26. The van der Waals surface area contributed by atoms with Crippen molar-refractivity contribution in [2.75, 3.05) is 20.6 Å². The van der Waals surface area contributed by atoms with Crippen molar-refractivity contribution in [1.29, 1.82) is 0 Å². The van der Waals surface area contributed by atoms with E-state index >= 15 is 0 Å². The van der Waals surface area contributed by atoms with E-state index in [0.717, 1.165) is 23.6 Å². The van der Waals surface area contributed by atoms with Crippen molar-refractivity contribution in [2.24, 2.45) is 10.4 Å². The molecule has 6 nitrogen and oxygen atoms in total. The molecule has 0 unspecified atom stereocenters. The van der Waals surface area contributed by atoms with E-state index in [-0.39, 0.29) is 34.3 Å². The van der Waals surface area contributed by atoms with Gasteiger partial charge in [0.05, 0.1) is 4.90 Å². The molecule has 0 aliphatic carbocycles. The average Bonchev–Trinajstić information content (AvgIpc) is 2.68. The van der Waals surface area contributed by atoms with Gasteiger partial charge >= 0.3 is 0 Å². The maximum Gasteiger partial charge on any atom is 0.240 e. The van der Waals surface area contributed by atoms with Crippen molar-refractivity contribution in [3.8, 4) is 0 Å². The Morgan fingerprint density at radius 2 is 1.73 bits per heavy atom. The molecule has 0 saturated heterocycles. The van der Waals surface area contributed by atoms with Gasteiger partial charge in [0.25, 0.3) is 0 Å². The molecule has 2 aromatic rings. The van der Waals surface area contributed by atoms with E-state index in [4.69, 9.17) is 11.6 Å². The summed E-state index contributed by atoms with van der Waals surface area (Å²) < 4.78 is 25.9. The molecule has 2 aromatic carbocycles. The number of benzene rings is 2. The average molecular weight is 565 g/mol. The lowest BCUT2D eigenvalue weighted by Crippen LogP contribution is -2.42. The standard InChI is InChI=1S/C21H29ClN4O2S.HI/c1-21(2,13-17-6-5-7-18(22)12-17)15-26-20(23-3)25-14-16-8-10-19(11-9-16)29(27,28)24-4;/h5-12,24H,13-15H2,1-4H3,(H2,23,25,26);1H. The van der Waals surface area contributed by atoms with E-state index in [1.54, 1.807) is 31.3 Å². The van der Waals surface area contributed by atoms with Crippen LogP contribution in [-0.2, 0) is 23.0 Å². The molecule has 0 heterocycles. The van der Waals surface area contributed by atoms with Crippen molar-refractivity contribution >= 4 is 51.6 Å². The van der Waals surface area contributed by atoms with Gasteiger partial charge in [-0.15, -0.1) is 24.0 Å². The summed E-state index contributed by atoms with van der Waals surface area (Å²) in [5, 5.41) is 7.36. The fourth-order valence-electron chi connectivity index (χ4n) is 2.90. The third kappa shape index (κ3) is 8.41. The van der Waals surface area contributed by atoms with Crippen LogP contribution in [0.25, 0.3) is 0 Å². The molecule has 0 atom stereocenters. The normalized spacial score (nSPS) is 12.2. The van der Waals surface area contributed by atoms with Gasteiger partial charge in [-0.2, -0.15) is 0 Å². The molecule has 0 radical (unpaired) electrons. The number of hydrogen-bond acceptors (Lipinski definition) is 3. The molecule has 0 spiro atoms. The van der Waals surface area contributed by atoms with Crippen molar-refractivity contribution < 1.29 is 8.42 Å². The highest BCUT2D eigenvalue weighted by molar-refractivity contribution is 14.0. The lowest BCUT2D eigenvalue weighted by molar-refractivity contribution is 0.359. The Bertz CT molecular complexity index is 948. The number of nitrogens with one attached hydrogen (secondary N) is 3. The molecule has 0 saturated carbocycles. The first kappa shape index (κ1) is 26.7. The van der Waals surface area contributed by atoms with Gasteiger partial charge in [0.15, 0.2) is 5.96 Å². The van der Waals surface area contributed by atoms with Crippen molar-refractivity contribution in [1.82, 2.24) is 15.4 Å². The van der Waals surface area contributed by atoms with Gasteiger partial charge in [-0.05, 0) is 54.3 Å². The molecule has 0 aromatic heterocycles. The summed E-state index contributed by atoms with van der Waals surface area (Å²) in [5.74, 6) is 0.691. The molecule has 0 amide bonds. The van der Waals surface area contributed by atoms with Crippen LogP contribution >= 0.6 is 35.6 Å². The zero-order valence-electron chi connectivity index (χ0n) is 17.7. The summed E-state index contributed by atoms with van der Waals surface area (Å²) in [7, 11) is -0.298. The highest BCUT2D eigenvalue weighted by atomic mass is 127. The van der Waals surface area contributed by atoms with E-state index in [1.165, 1.54) is 12.6 Å². The summed E-state index contributed by atoms with van der Waals surface area (Å²) >= 11 is 6.08. The first-order valence-electron chi connectivity index (χ1n) is 9.37. The number of nitrogens with zero attached hydrogens (tertiary/aromatic N) is 1. The van der Waals surface area contributed by atoms with Crippen LogP contribution in [0.2, 0.25) is 5.02 Å². The fraction of sp³-hybridized carbons (Fsp3) is 0.381. The molecule has 0 aliphatic heterocycles. The summed E-state index contributed by atoms with van der Waals surface area (Å²) in [6.07, 6.45) is 0.888. The lowest BCUT2D eigenvalue weighted by atomic mass is 9.86. The molecular formula is C21H30ClIN4O2S. The quantitative estimate of drug-likeness (QED) is 0.259. The van der Waals surface area contributed by atoms with Crippen LogP contribution in [0, 0.1) is 5.41 Å². The van der Waals surface area contributed by atoms with E-state index in [2.05, 4.69) is 40.3 Å². The Morgan fingerprint density at radius 1 is 1.07 bits per heavy atom. The minimum Gasteiger partial charge on any atom is -0.356 e. The second-order valence-electron chi connectivity index (χ2n) is 7.60. The topological polar surface area (TPSA) is 82.6 Å². The number of aliphatic imine (C=N–C) groups is 1. The molecule has 0 bridgehead atoms. The predicted molar refractivity (Wildman–Crippen MR) is 135 cm³/mol. The molecule has 3 N–H and O–H groups in total. The number of halogens is 2. The number of hydrogen-bond donors (Lipinski definition) is 3. The maximum atomic E-state index is 11.8. The molecular weight excluding hydrogens is 535 g/mol. The maximum absolute atomic E-state index is 11.8. The highest BCUT2D eigenvalue weighted by Gasteiger charge is 2.19. The van der Waals surface area contributed by atoms with Crippen LogP contribution < -0.4 is 15.4 Å². The van der Waals surface area contributed by atoms with E-state index < -0.39 is 10.0 Å². The Balaban J connectivity index is 0.00000450. The largest absolute Gasteiger partial charge is 0.356 e. The molecule has 30 heavy (non-hydrogen) atoms. The summed E-state index contributed by atoms with van der Waals surface area (Å²) in [6.45, 7) is 5.65. The first-order valence-corrected chi connectivity index (χ1v) is 11.2. The Morgan fingerprint density at radius 3 is 2.30 bits per heavy atom. The van der Waals surface area contributed by atoms with Gasteiger partial charge in [0.2, 0.25) is 10.0 Å². The Hall–Kier alpha value is -1.36. The number of sulfonamides is 1. The monoisotopic (exact) mass is 564 g/mol. The van der Waals surface area contributed by atoms with Crippen molar-refractivity contribution in [3.63, 3.8) is 0 Å². The Kier molecular flexibility index (Phi) is 10.6. The van der Waals surface area contributed by atoms with Crippen LogP contribution in [0.15, 0.2) is 58.4 Å². The summed E-state index contributed by atoms with van der Waals surface area (Å²) in [6, 6.07) is 14.7. The zero-order chi connectivity index (χ0) is 21.5. The highest BCUT2D eigenvalue weighted by Crippen LogP contribution is 2.22. The summed E-state index contributed by atoms with van der Waals surface area (Å²) in [4.78, 5) is 4.51. The number of guanidine groups is 1. The second kappa shape index (κ2) is 11.9. The van der Waals surface area contributed by atoms with E-state index in [1.807, 2.05) is 18.2 Å². The second-order valence-corrected chi connectivity index (χ2v) is 9.92. The van der Waals surface area contributed by atoms with Crippen LogP contribution in [0.1, 0.15) is 25.0 Å². The molecule has 2 rings (SSSR count). The van der Waals surface area contributed by atoms with Gasteiger partial charge in [-0.25, -0.2) is 13.1 Å². The molecule has 166 valence electrons. The minimum atomic E-state index is -3.42. The third-order valence-electron chi connectivity index (χ3n) is 4.49. The van der Waals surface area contributed by atoms with Gasteiger partial charge in [0, 0.05) is 25.2 Å². The minimum absolute atomic E-state index is 0. The SMILES string of the molecule is CN=C(NCc1ccc(S(=O)(=O)NC)cc1)NCC(C)(C)Cc1cccc(Cl)c1.I. The van der Waals surface area contributed by atoms with E-state index in [0.29, 0.717) is 12.5 Å². The first-order chi connectivity index (χ1) is 13.6. The van der Waals surface area contributed by atoms with Crippen LogP contribution in [-0.4, -0.2) is 35.0 Å². The molecule has 0 aliphatic rings. The molecule has 9 heteroatoms. The fourth-order valence-corrected chi connectivity index (χ4v) is 3.84. The van der Waals surface area contributed by atoms with Gasteiger partial charge < -0.3 is 10.6 Å². The zero-order valence-corrected chi connectivity index (χ0v) is 21.6. The van der Waals surface area contributed by atoms with E-state index in [9.17, 15) is 8.42 Å². The van der Waals surface area contributed by atoms with Crippen LogP contribution in [0.3, 0.4) is 0 Å². The van der Waals surface area contributed by atoms with Gasteiger partial charge in [-0.1, -0.05) is 49.7 Å². The third-order valence-corrected chi connectivity index (χ3v) is 6.16. The Labute approximate surface area is 202 Å². The van der Waals surface area contributed by atoms with Crippen LogP contribution in [0.4, 0.5) is 0 Å². The van der Waals surface area contributed by atoms with Crippen molar-refractivity contribution in [3.05, 3.63) is 64.7 Å². The smallest absolute Gasteiger partial charge is 0.240 e. The number of rotatable bonds is 8. The van der Waals surface area contributed by atoms with Crippen LogP contribution in [0.5, 0.6) is 0 Å². The summed E-state index contributed by atoms with van der Waals surface area (Å²) in [5.41, 5.74) is 2.16.